The van der Waals surface area contributed by atoms with Gasteiger partial charge in [-0.15, -0.1) is 0 Å². The number of ether oxygens (including phenoxy) is 1. The molecule has 2 rings (SSSR count). The van der Waals surface area contributed by atoms with E-state index in [2.05, 4.69) is 13.0 Å². The van der Waals surface area contributed by atoms with Crippen molar-refractivity contribution in [3.8, 4) is 0 Å². The molecular formula is C19H30O4. The van der Waals surface area contributed by atoms with Crippen LogP contribution in [0.25, 0.3) is 0 Å². The van der Waals surface area contributed by atoms with Gasteiger partial charge in [0.2, 0.25) is 0 Å². The first-order valence-electron chi connectivity index (χ1n) is 9.00. The molecule has 0 bridgehead atoms. The van der Waals surface area contributed by atoms with Crippen LogP contribution in [0.3, 0.4) is 0 Å². The Morgan fingerprint density at radius 1 is 1.30 bits per heavy atom. The molecule has 0 aromatic rings. The second kappa shape index (κ2) is 9.24. The van der Waals surface area contributed by atoms with Crippen molar-refractivity contribution in [1.29, 1.82) is 0 Å². The second-order valence-electron chi connectivity index (χ2n) is 6.78. The lowest BCUT2D eigenvalue weighted by Gasteiger charge is -2.22. The molecule has 4 nitrogen and oxygen atoms in total. The summed E-state index contributed by atoms with van der Waals surface area (Å²) in [5.41, 5.74) is 0. The van der Waals surface area contributed by atoms with Gasteiger partial charge in [0.15, 0.2) is 0 Å². The molecule has 0 spiro atoms. The lowest BCUT2D eigenvalue weighted by atomic mass is 10.0. The third-order valence-corrected chi connectivity index (χ3v) is 4.76. The number of allylic oxidation sites excluding steroid dienone is 1. The summed E-state index contributed by atoms with van der Waals surface area (Å²) in [7, 11) is 0. The predicted molar refractivity (Wildman–Crippen MR) is 89.8 cm³/mol. The third-order valence-electron chi connectivity index (χ3n) is 4.76. The fourth-order valence-corrected chi connectivity index (χ4v) is 3.23. The van der Waals surface area contributed by atoms with Crippen LogP contribution in [0.2, 0.25) is 0 Å². The summed E-state index contributed by atoms with van der Waals surface area (Å²) >= 11 is 0. The first-order valence-corrected chi connectivity index (χ1v) is 9.00. The summed E-state index contributed by atoms with van der Waals surface area (Å²) < 4.78 is 5.37. The molecule has 1 saturated carbocycles. The molecule has 1 aliphatic heterocycles. The SMILES string of the molecule is CCCC/C=C\C[C@H](O)/C=C/[C@@H](O)[C@H]1C[C@@H]1[C@H]1CCCC(=O)O1. The van der Waals surface area contributed by atoms with E-state index in [0.29, 0.717) is 12.8 Å². The Labute approximate surface area is 139 Å². The summed E-state index contributed by atoms with van der Waals surface area (Å²) in [4.78, 5) is 11.3. The molecule has 1 saturated heterocycles. The zero-order valence-electron chi connectivity index (χ0n) is 14.1. The maximum absolute atomic E-state index is 11.3. The van der Waals surface area contributed by atoms with Gasteiger partial charge in [0.25, 0.3) is 0 Å². The van der Waals surface area contributed by atoms with Crippen LogP contribution in [0, 0.1) is 11.8 Å². The largest absolute Gasteiger partial charge is 0.462 e. The minimum atomic E-state index is -0.556. The van der Waals surface area contributed by atoms with Crippen LogP contribution >= 0.6 is 0 Å². The van der Waals surface area contributed by atoms with Crippen molar-refractivity contribution in [2.24, 2.45) is 11.8 Å². The molecule has 0 unspecified atom stereocenters. The smallest absolute Gasteiger partial charge is 0.306 e. The van der Waals surface area contributed by atoms with Gasteiger partial charge in [0.1, 0.15) is 6.10 Å². The number of unbranched alkanes of at least 4 members (excludes halogenated alkanes) is 2. The highest BCUT2D eigenvalue weighted by molar-refractivity contribution is 5.70. The van der Waals surface area contributed by atoms with Gasteiger partial charge in [-0.1, -0.05) is 44.1 Å². The number of carbonyl (C=O) groups excluding carboxylic acids is 1. The van der Waals surface area contributed by atoms with Gasteiger partial charge in [0, 0.05) is 12.3 Å². The number of rotatable bonds is 9. The van der Waals surface area contributed by atoms with Gasteiger partial charge in [-0.25, -0.2) is 0 Å². The Hall–Kier alpha value is -1.13. The van der Waals surface area contributed by atoms with Crippen molar-refractivity contribution in [2.75, 3.05) is 0 Å². The Morgan fingerprint density at radius 3 is 2.87 bits per heavy atom. The minimum Gasteiger partial charge on any atom is -0.462 e. The summed E-state index contributed by atoms with van der Waals surface area (Å²) in [5, 5.41) is 20.1. The fourth-order valence-electron chi connectivity index (χ4n) is 3.23. The number of hydrogen-bond donors (Lipinski definition) is 2. The van der Waals surface area contributed by atoms with Crippen LogP contribution in [0.4, 0.5) is 0 Å². The molecule has 2 aliphatic rings. The number of aliphatic hydroxyl groups excluding tert-OH is 2. The number of carbonyl (C=O) groups is 1. The van der Waals surface area contributed by atoms with Crippen molar-refractivity contribution in [1.82, 2.24) is 0 Å². The van der Waals surface area contributed by atoms with Crippen LogP contribution in [0.1, 0.15) is 58.3 Å². The zero-order valence-corrected chi connectivity index (χ0v) is 14.1. The molecule has 1 heterocycles. The van der Waals surface area contributed by atoms with Crippen molar-refractivity contribution < 1.29 is 19.7 Å². The van der Waals surface area contributed by atoms with Gasteiger partial charge >= 0.3 is 5.97 Å². The summed E-state index contributed by atoms with van der Waals surface area (Å²) in [6.07, 6.45) is 13.6. The highest BCUT2D eigenvalue weighted by Crippen LogP contribution is 2.47. The Morgan fingerprint density at radius 2 is 2.13 bits per heavy atom. The molecule has 130 valence electrons. The lowest BCUT2D eigenvalue weighted by Crippen LogP contribution is -2.27. The van der Waals surface area contributed by atoms with E-state index in [9.17, 15) is 15.0 Å². The molecule has 0 amide bonds. The van der Waals surface area contributed by atoms with E-state index in [1.807, 2.05) is 6.08 Å². The molecule has 0 aromatic carbocycles. The lowest BCUT2D eigenvalue weighted by molar-refractivity contribution is -0.155. The highest BCUT2D eigenvalue weighted by Gasteiger charge is 2.48. The van der Waals surface area contributed by atoms with Crippen molar-refractivity contribution in [2.45, 2.75) is 76.6 Å². The highest BCUT2D eigenvalue weighted by atomic mass is 16.5. The van der Waals surface area contributed by atoms with Gasteiger partial charge in [-0.05, 0) is 38.0 Å². The average Bonchev–Trinajstić information content (AvgIpc) is 3.33. The Kier molecular flexibility index (Phi) is 7.31. The van der Waals surface area contributed by atoms with Crippen LogP contribution in [0.5, 0.6) is 0 Å². The van der Waals surface area contributed by atoms with E-state index in [0.717, 1.165) is 25.7 Å². The number of esters is 1. The van der Waals surface area contributed by atoms with Gasteiger partial charge in [-0.3, -0.25) is 4.79 Å². The van der Waals surface area contributed by atoms with E-state index in [4.69, 9.17) is 4.74 Å². The van der Waals surface area contributed by atoms with Crippen LogP contribution < -0.4 is 0 Å². The number of aliphatic hydroxyl groups is 2. The summed E-state index contributed by atoms with van der Waals surface area (Å²) in [5.74, 6) is 0.335. The van der Waals surface area contributed by atoms with Crippen LogP contribution in [-0.2, 0) is 9.53 Å². The van der Waals surface area contributed by atoms with Gasteiger partial charge in [0.05, 0.1) is 12.2 Å². The topological polar surface area (TPSA) is 66.8 Å². The maximum atomic E-state index is 11.3. The first-order chi connectivity index (χ1) is 11.1. The summed E-state index contributed by atoms with van der Waals surface area (Å²) in [6.45, 7) is 2.16. The molecule has 1 aliphatic carbocycles. The van der Waals surface area contributed by atoms with Crippen molar-refractivity contribution in [3.63, 3.8) is 0 Å². The molecule has 0 radical (unpaired) electrons. The Balaban J connectivity index is 1.67. The van der Waals surface area contributed by atoms with Gasteiger partial charge < -0.3 is 14.9 Å². The average molecular weight is 322 g/mol. The third kappa shape index (κ3) is 6.11. The van der Waals surface area contributed by atoms with Crippen LogP contribution in [0.15, 0.2) is 24.3 Å². The number of hydrogen-bond acceptors (Lipinski definition) is 4. The van der Waals surface area contributed by atoms with Crippen molar-refractivity contribution in [3.05, 3.63) is 24.3 Å². The van der Waals surface area contributed by atoms with Crippen LogP contribution in [-0.4, -0.2) is 34.5 Å². The van der Waals surface area contributed by atoms with E-state index in [1.165, 1.54) is 12.8 Å². The molecule has 4 heteroatoms. The normalized spacial score (nSPS) is 30.6. The molecule has 23 heavy (non-hydrogen) atoms. The zero-order chi connectivity index (χ0) is 16.7. The molecule has 0 aromatic heterocycles. The minimum absolute atomic E-state index is 0.0178. The predicted octanol–water partition coefficient (Wildman–Crippen LogP) is 3.13. The molecule has 5 atom stereocenters. The molecule has 2 N–H and O–H groups in total. The van der Waals surface area contributed by atoms with Crippen molar-refractivity contribution >= 4 is 5.97 Å². The fraction of sp³-hybridized carbons (Fsp3) is 0.737. The monoisotopic (exact) mass is 322 g/mol. The van der Waals surface area contributed by atoms with E-state index in [-0.39, 0.29) is 23.9 Å². The Bertz CT molecular complexity index is 429. The standard InChI is InChI=1S/C19H30O4/c1-2-3-4-5-6-8-14(20)11-12-17(21)15-13-16(15)18-9-7-10-19(22)23-18/h5-6,11-12,14-18,20-21H,2-4,7-10,13H2,1H3/b6-5-,12-11+/t14-,15-,16-,17+,18+/m0/s1. The summed E-state index contributed by atoms with van der Waals surface area (Å²) in [6, 6.07) is 0. The van der Waals surface area contributed by atoms with E-state index in [1.54, 1.807) is 12.2 Å². The second-order valence-corrected chi connectivity index (χ2v) is 6.78. The maximum Gasteiger partial charge on any atom is 0.306 e. The molecular weight excluding hydrogens is 292 g/mol. The van der Waals surface area contributed by atoms with Gasteiger partial charge in [-0.2, -0.15) is 0 Å². The number of cyclic esters (lactones) is 1. The molecule has 2 fully saturated rings. The van der Waals surface area contributed by atoms with E-state index >= 15 is 0 Å². The van der Waals surface area contributed by atoms with E-state index < -0.39 is 12.2 Å². The first kappa shape index (κ1) is 18.2. The quantitative estimate of drug-likeness (QED) is 0.389.